The number of hydrogen-bond donors (Lipinski definition) is 0. The monoisotopic (exact) mass is 164 g/mol. The molecule has 0 aromatic carbocycles. The van der Waals surface area contributed by atoms with Gasteiger partial charge in [-0.15, -0.1) is 0 Å². The number of ketones is 1. The molecule has 0 aliphatic heterocycles. The van der Waals surface area contributed by atoms with E-state index in [0.29, 0.717) is 5.92 Å². The third kappa shape index (κ3) is 1.36. The van der Waals surface area contributed by atoms with E-state index < -0.39 is 0 Å². The van der Waals surface area contributed by atoms with Crippen LogP contribution in [0.25, 0.3) is 0 Å². The van der Waals surface area contributed by atoms with Crippen molar-refractivity contribution in [2.75, 3.05) is 0 Å². The van der Waals surface area contributed by atoms with Crippen LogP contribution < -0.4 is 0 Å². The predicted octanol–water partition coefficient (Wildman–Crippen LogP) is 2.88. The van der Waals surface area contributed by atoms with Crippen molar-refractivity contribution in [3.8, 4) is 0 Å². The van der Waals surface area contributed by atoms with Crippen molar-refractivity contribution in [3.05, 3.63) is 23.3 Å². The maximum Gasteiger partial charge on any atom is 0.184 e. The van der Waals surface area contributed by atoms with Gasteiger partial charge in [-0.3, -0.25) is 4.79 Å². The van der Waals surface area contributed by atoms with Crippen LogP contribution in [0.4, 0.5) is 0 Å². The number of rotatable bonds is 2. The zero-order valence-electron chi connectivity index (χ0n) is 8.11. The van der Waals surface area contributed by atoms with Crippen LogP contribution in [-0.4, -0.2) is 5.78 Å². The van der Waals surface area contributed by atoms with Gasteiger partial charge in [0.1, 0.15) is 0 Å². The molecule has 1 rings (SSSR count). The number of allylic oxidation sites excluding steroid dienone is 3. The van der Waals surface area contributed by atoms with Crippen LogP contribution in [0.3, 0.4) is 0 Å². The van der Waals surface area contributed by atoms with E-state index in [9.17, 15) is 4.79 Å². The van der Waals surface area contributed by atoms with Gasteiger partial charge in [0.2, 0.25) is 0 Å². The smallest absolute Gasteiger partial charge is 0.184 e. The first-order chi connectivity index (χ1) is 5.57. The third-order valence-corrected chi connectivity index (χ3v) is 2.75. The van der Waals surface area contributed by atoms with Crippen LogP contribution in [0.15, 0.2) is 23.3 Å². The SMILES string of the molecule is C=C1CC([C@@H](C)CC)=C(C)C1=O. The van der Waals surface area contributed by atoms with Gasteiger partial charge in [-0.2, -0.15) is 0 Å². The second-order valence-corrected chi connectivity index (χ2v) is 3.57. The summed E-state index contributed by atoms with van der Waals surface area (Å²) in [5.41, 5.74) is 3.00. The van der Waals surface area contributed by atoms with Gasteiger partial charge in [-0.25, -0.2) is 0 Å². The Hall–Kier alpha value is -0.850. The summed E-state index contributed by atoms with van der Waals surface area (Å²) in [4.78, 5) is 11.4. The second kappa shape index (κ2) is 3.26. The predicted molar refractivity (Wildman–Crippen MR) is 50.9 cm³/mol. The summed E-state index contributed by atoms with van der Waals surface area (Å²) >= 11 is 0. The molecular formula is C11H16O. The molecule has 0 N–H and O–H groups in total. The highest BCUT2D eigenvalue weighted by atomic mass is 16.1. The van der Waals surface area contributed by atoms with Gasteiger partial charge >= 0.3 is 0 Å². The standard InChI is InChI=1S/C11H16O/c1-5-7(2)10-6-8(3)11(12)9(10)4/h7H,3,5-6H2,1-2,4H3/t7-/m0/s1. The van der Waals surface area contributed by atoms with Gasteiger partial charge in [0.25, 0.3) is 0 Å². The van der Waals surface area contributed by atoms with Gasteiger partial charge in [-0.1, -0.05) is 26.0 Å². The van der Waals surface area contributed by atoms with E-state index in [1.807, 2.05) is 6.92 Å². The molecule has 1 aliphatic carbocycles. The topological polar surface area (TPSA) is 17.1 Å². The molecular weight excluding hydrogens is 148 g/mol. The van der Waals surface area contributed by atoms with E-state index in [1.54, 1.807) is 0 Å². The highest BCUT2D eigenvalue weighted by Crippen LogP contribution is 2.32. The first-order valence-corrected chi connectivity index (χ1v) is 4.50. The number of Topliss-reactive ketones (excluding diaryl/α,β-unsaturated/α-hetero) is 1. The zero-order chi connectivity index (χ0) is 9.30. The molecule has 0 aromatic heterocycles. The van der Waals surface area contributed by atoms with E-state index in [-0.39, 0.29) is 5.78 Å². The van der Waals surface area contributed by atoms with Gasteiger partial charge in [-0.05, 0) is 36.8 Å². The fourth-order valence-electron chi connectivity index (χ4n) is 1.64. The lowest BCUT2D eigenvalue weighted by molar-refractivity contribution is -0.111. The lowest BCUT2D eigenvalue weighted by Gasteiger charge is -2.09. The van der Waals surface area contributed by atoms with Crippen LogP contribution in [0, 0.1) is 5.92 Å². The zero-order valence-corrected chi connectivity index (χ0v) is 8.11. The van der Waals surface area contributed by atoms with Crippen molar-refractivity contribution in [3.63, 3.8) is 0 Å². The fourth-order valence-corrected chi connectivity index (χ4v) is 1.64. The minimum atomic E-state index is 0.172. The van der Waals surface area contributed by atoms with Crippen LogP contribution in [0.1, 0.15) is 33.6 Å². The number of hydrogen-bond acceptors (Lipinski definition) is 1. The Morgan fingerprint density at radius 3 is 2.50 bits per heavy atom. The summed E-state index contributed by atoms with van der Waals surface area (Å²) in [7, 11) is 0. The van der Waals surface area contributed by atoms with Crippen molar-refractivity contribution < 1.29 is 4.79 Å². The summed E-state index contributed by atoms with van der Waals surface area (Å²) in [6.07, 6.45) is 1.91. The summed E-state index contributed by atoms with van der Waals surface area (Å²) < 4.78 is 0. The number of carbonyl (C=O) groups excluding carboxylic acids is 1. The van der Waals surface area contributed by atoms with Gasteiger partial charge in [0.05, 0.1) is 0 Å². The molecule has 0 radical (unpaired) electrons. The second-order valence-electron chi connectivity index (χ2n) is 3.57. The normalized spacial score (nSPS) is 20.6. The van der Waals surface area contributed by atoms with E-state index in [4.69, 9.17) is 0 Å². The van der Waals surface area contributed by atoms with Crippen LogP contribution >= 0.6 is 0 Å². The van der Waals surface area contributed by atoms with Gasteiger partial charge in [0, 0.05) is 0 Å². The van der Waals surface area contributed by atoms with Crippen molar-refractivity contribution in [1.82, 2.24) is 0 Å². The molecule has 12 heavy (non-hydrogen) atoms. The Labute approximate surface area is 74.2 Å². The Bertz CT molecular complexity index is 258. The highest BCUT2D eigenvalue weighted by molar-refractivity contribution is 6.11. The van der Waals surface area contributed by atoms with Crippen LogP contribution in [0.5, 0.6) is 0 Å². The average Bonchev–Trinajstić information content (AvgIpc) is 2.32. The van der Waals surface area contributed by atoms with Crippen molar-refractivity contribution in [2.24, 2.45) is 5.92 Å². The first kappa shape index (κ1) is 9.24. The fraction of sp³-hybridized carbons (Fsp3) is 0.545. The minimum absolute atomic E-state index is 0.172. The molecule has 0 saturated carbocycles. The summed E-state index contributed by atoms with van der Waals surface area (Å²) in [6, 6.07) is 0. The van der Waals surface area contributed by atoms with Crippen LogP contribution in [-0.2, 0) is 4.79 Å². The van der Waals surface area contributed by atoms with E-state index in [1.165, 1.54) is 5.57 Å². The molecule has 0 unspecified atom stereocenters. The molecule has 0 aromatic rings. The molecule has 1 aliphatic rings. The third-order valence-electron chi connectivity index (χ3n) is 2.75. The molecule has 0 heterocycles. The maximum absolute atomic E-state index is 11.4. The summed E-state index contributed by atoms with van der Waals surface area (Å²) in [5.74, 6) is 0.707. The maximum atomic E-state index is 11.4. The molecule has 1 heteroatoms. The van der Waals surface area contributed by atoms with E-state index in [2.05, 4.69) is 20.4 Å². The Balaban J connectivity index is 2.92. The molecule has 1 nitrogen and oxygen atoms in total. The average molecular weight is 164 g/mol. The Morgan fingerprint density at radius 2 is 2.17 bits per heavy atom. The van der Waals surface area contributed by atoms with Gasteiger partial charge < -0.3 is 0 Å². The summed E-state index contributed by atoms with van der Waals surface area (Å²) in [6.45, 7) is 10.0. The largest absolute Gasteiger partial charge is 0.289 e. The number of carbonyl (C=O) groups is 1. The quantitative estimate of drug-likeness (QED) is 0.573. The van der Waals surface area contributed by atoms with Gasteiger partial charge in [0.15, 0.2) is 5.78 Å². The molecule has 66 valence electrons. The van der Waals surface area contributed by atoms with Crippen molar-refractivity contribution >= 4 is 5.78 Å². The van der Waals surface area contributed by atoms with E-state index in [0.717, 1.165) is 24.0 Å². The summed E-state index contributed by atoms with van der Waals surface area (Å²) in [5, 5.41) is 0. The molecule has 0 bridgehead atoms. The van der Waals surface area contributed by atoms with Crippen LogP contribution in [0.2, 0.25) is 0 Å². The molecule has 0 saturated heterocycles. The highest BCUT2D eigenvalue weighted by Gasteiger charge is 2.25. The van der Waals surface area contributed by atoms with Crippen molar-refractivity contribution in [2.45, 2.75) is 33.6 Å². The molecule has 1 atom stereocenters. The molecule has 0 fully saturated rings. The Morgan fingerprint density at radius 1 is 1.58 bits per heavy atom. The van der Waals surface area contributed by atoms with E-state index >= 15 is 0 Å². The molecule has 0 amide bonds. The Kier molecular flexibility index (Phi) is 2.51. The molecule has 0 spiro atoms. The first-order valence-electron chi connectivity index (χ1n) is 4.50. The van der Waals surface area contributed by atoms with Crippen molar-refractivity contribution in [1.29, 1.82) is 0 Å². The minimum Gasteiger partial charge on any atom is -0.289 e. The lowest BCUT2D eigenvalue weighted by Crippen LogP contribution is -1.97. The lowest BCUT2D eigenvalue weighted by atomic mass is 9.95.